The largest absolute Gasteiger partial charge is 0.392 e. The van der Waals surface area contributed by atoms with Gasteiger partial charge in [-0.15, -0.1) is 0 Å². The second-order valence-corrected chi connectivity index (χ2v) is 6.67. The van der Waals surface area contributed by atoms with E-state index >= 15 is 0 Å². The van der Waals surface area contributed by atoms with E-state index in [1.165, 1.54) is 23.4 Å². The second kappa shape index (κ2) is 7.15. The maximum Gasteiger partial charge on any atom is 0.243 e. The summed E-state index contributed by atoms with van der Waals surface area (Å²) < 4.78 is 40.4. The monoisotopic (exact) mass is 303 g/mol. The van der Waals surface area contributed by atoms with Crippen molar-refractivity contribution in [3.8, 4) is 0 Å². The number of nitrogens with zero attached hydrogens (tertiary/aromatic N) is 1. The van der Waals surface area contributed by atoms with Crippen LogP contribution in [0.5, 0.6) is 0 Å². The van der Waals surface area contributed by atoms with Crippen molar-refractivity contribution in [3.05, 3.63) is 29.1 Å². The Hall–Kier alpha value is -0.980. The molecule has 1 aromatic carbocycles. The summed E-state index contributed by atoms with van der Waals surface area (Å²) in [5.41, 5.74) is 0.360. The van der Waals surface area contributed by atoms with Gasteiger partial charge in [0.15, 0.2) is 0 Å². The molecule has 0 aromatic heterocycles. The normalized spacial score (nSPS) is 12.1. The van der Waals surface area contributed by atoms with Crippen molar-refractivity contribution in [1.82, 2.24) is 4.31 Å². The van der Waals surface area contributed by atoms with Gasteiger partial charge in [0, 0.05) is 18.7 Å². The Balaban J connectivity index is 3.36. The zero-order valence-electron chi connectivity index (χ0n) is 12.2. The Bertz CT molecular complexity index is 552. The molecule has 0 aliphatic rings. The molecule has 114 valence electrons. The van der Waals surface area contributed by atoms with Crippen LogP contribution in [0.4, 0.5) is 4.39 Å². The first-order valence-electron chi connectivity index (χ1n) is 6.78. The van der Waals surface area contributed by atoms with Gasteiger partial charge in [-0.1, -0.05) is 13.8 Å². The lowest BCUT2D eigenvalue weighted by Gasteiger charge is -2.22. The number of benzene rings is 1. The molecule has 1 aromatic rings. The average molecular weight is 303 g/mol. The van der Waals surface area contributed by atoms with Crippen LogP contribution in [0.15, 0.2) is 17.0 Å². The van der Waals surface area contributed by atoms with E-state index in [9.17, 15) is 12.8 Å². The minimum Gasteiger partial charge on any atom is -0.392 e. The van der Waals surface area contributed by atoms with E-state index in [0.29, 0.717) is 25.9 Å². The van der Waals surface area contributed by atoms with E-state index in [4.69, 9.17) is 5.11 Å². The number of aliphatic hydroxyl groups excluding tert-OH is 1. The predicted molar refractivity (Wildman–Crippen MR) is 76.4 cm³/mol. The maximum absolute atomic E-state index is 13.8. The van der Waals surface area contributed by atoms with E-state index in [1.807, 2.05) is 13.8 Å². The maximum atomic E-state index is 13.8. The molecule has 0 radical (unpaired) electrons. The number of rotatable bonds is 7. The Morgan fingerprint density at radius 2 is 1.75 bits per heavy atom. The van der Waals surface area contributed by atoms with Crippen molar-refractivity contribution in [2.75, 3.05) is 13.1 Å². The van der Waals surface area contributed by atoms with Crippen LogP contribution in [0.2, 0.25) is 0 Å². The van der Waals surface area contributed by atoms with Crippen molar-refractivity contribution in [2.45, 2.75) is 45.1 Å². The molecule has 0 bridgehead atoms. The lowest BCUT2D eigenvalue weighted by molar-refractivity contribution is 0.280. The molecule has 0 saturated heterocycles. The third kappa shape index (κ3) is 3.56. The zero-order valence-corrected chi connectivity index (χ0v) is 13.0. The zero-order chi connectivity index (χ0) is 15.3. The second-order valence-electron chi connectivity index (χ2n) is 4.76. The number of aliphatic hydroxyl groups is 1. The van der Waals surface area contributed by atoms with Crippen LogP contribution < -0.4 is 0 Å². The van der Waals surface area contributed by atoms with Gasteiger partial charge in [-0.3, -0.25) is 0 Å². The summed E-state index contributed by atoms with van der Waals surface area (Å²) in [4.78, 5) is -0.0524. The van der Waals surface area contributed by atoms with Gasteiger partial charge in [-0.25, -0.2) is 12.8 Å². The smallest absolute Gasteiger partial charge is 0.243 e. The highest BCUT2D eigenvalue weighted by molar-refractivity contribution is 7.89. The summed E-state index contributed by atoms with van der Waals surface area (Å²) in [6.07, 6.45) is 1.39. The molecule has 0 spiro atoms. The average Bonchev–Trinajstić information content (AvgIpc) is 2.41. The molecular weight excluding hydrogens is 281 g/mol. The number of sulfonamides is 1. The molecule has 0 saturated carbocycles. The Kier molecular flexibility index (Phi) is 6.10. The molecule has 1 N–H and O–H groups in total. The minimum atomic E-state index is -3.73. The molecule has 1 rings (SSSR count). The van der Waals surface area contributed by atoms with Gasteiger partial charge in [-0.05, 0) is 37.5 Å². The molecule has 0 heterocycles. The van der Waals surface area contributed by atoms with Crippen LogP contribution in [-0.4, -0.2) is 30.9 Å². The van der Waals surface area contributed by atoms with Gasteiger partial charge in [-0.2, -0.15) is 4.31 Å². The molecule has 0 aliphatic heterocycles. The van der Waals surface area contributed by atoms with Crippen molar-refractivity contribution >= 4 is 10.0 Å². The van der Waals surface area contributed by atoms with E-state index in [-0.39, 0.29) is 22.6 Å². The van der Waals surface area contributed by atoms with Crippen molar-refractivity contribution in [3.63, 3.8) is 0 Å². The SMILES string of the molecule is CCCN(CCC)S(=O)(=O)c1cc(CO)cc(F)c1C. The van der Waals surface area contributed by atoms with E-state index < -0.39 is 15.8 Å². The fourth-order valence-corrected chi connectivity index (χ4v) is 3.97. The molecule has 20 heavy (non-hydrogen) atoms. The molecule has 0 fully saturated rings. The summed E-state index contributed by atoms with van der Waals surface area (Å²) >= 11 is 0. The summed E-state index contributed by atoms with van der Waals surface area (Å²) in [6, 6.07) is 2.52. The van der Waals surface area contributed by atoms with Crippen LogP contribution in [-0.2, 0) is 16.6 Å². The van der Waals surface area contributed by atoms with Crippen molar-refractivity contribution in [1.29, 1.82) is 0 Å². The number of hydrogen-bond donors (Lipinski definition) is 1. The summed E-state index contributed by atoms with van der Waals surface area (Å²) in [5.74, 6) is -0.608. The van der Waals surface area contributed by atoms with Crippen molar-refractivity contribution in [2.24, 2.45) is 0 Å². The molecular formula is C14H22FNO3S. The van der Waals surface area contributed by atoms with E-state index in [0.717, 1.165) is 0 Å². The lowest BCUT2D eigenvalue weighted by atomic mass is 10.1. The van der Waals surface area contributed by atoms with Gasteiger partial charge in [0.1, 0.15) is 5.82 Å². The van der Waals surface area contributed by atoms with E-state index in [2.05, 4.69) is 0 Å². The van der Waals surface area contributed by atoms with Crippen LogP contribution in [0.1, 0.15) is 37.8 Å². The summed E-state index contributed by atoms with van der Waals surface area (Å²) in [6.45, 7) is 5.66. The van der Waals surface area contributed by atoms with Crippen LogP contribution >= 0.6 is 0 Å². The molecule has 0 amide bonds. The quantitative estimate of drug-likeness (QED) is 0.841. The summed E-state index contributed by atoms with van der Waals surface area (Å²) in [7, 11) is -3.73. The first-order valence-corrected chi connectivity index (χ1v) is 8.22. The fourth-order valence-electron chi connectivity index (χ4n) is 2.06. The first-order chi connectivity index (χ1) is 9.38. The molecule has 0 aliphatic carbocycles. The molecule has 4 nitrogen and oxygen atoms in total. The highest BCUT2D eigenvalue weighted by atomic mass is 32.2. The van der Waals surface area contributed by atoms with Crippen LogP contribution in [0.25, 0.3) is 0 Å². The third-order valence-corrected chi connectivity index (χ3v) is 5.13. The standard InChI is InChI=1S/C14H22FNO3S/c1-4-6-16(7-5-2)20(18,19)14-9-12(10-17)8-13(15)11(14)3/h8-9,17H,4-7,10H2,1-3H3. The Labute approximate surface area is 120 Å². The van der Waals surface area contributed by atoms with Gasteiger partial charge in [0.25, 0.3) is 0 Å². The third-order valence-electron chi connectivity index (χ3n) is 3.10. The lowest BCUT2D eigenvalue weighted by Crippen LogP contribution is -2.33. The number of hydrogen-bond acceptors (Lipinski definition) is 3. The fraction of sp³-hybridized carbons (Fsp3) is 0.571. The van der Waals surface area contributed by atoms with Crippen LogP contribution in [0.3, 0.4) is 0 Å². The predicted octanol–water partition coefficient (Wildman–Crippen LogP) is 2.44. The van der Waals surface area contributed by atoms with Crippen LogP contribution in [0, 0.1) is 12.7 Å². The Morgan fingerprint density at radius 3 is 2.20 bits per heavy atom. The molecule has 0 atom stereocenters. The van der Waals surface area contributed by atoms with Gasteiger partial charge in [0.05, 0.1) is 11.5 Å². The van der Waals surface area contributed by atoms with Crippen molar-refractivity contribution < 1.29 is 17.9 Å². The highest BCUT2D eigenvalue weighted by Crippen LogP contribution is 2.24. The van der Waals surface area contributed by atoms with Gasteiger partial charge in [0.2, 0.25) is 10.0 Å². The highest BCUT2D eigenvalue weighted by Gasteiger charge is 2.26. The first kappa shape index (κ1) is 17.1. The summed E-state index contributed by atoms with van der Waals surface area (Å²) in [5, 5.41) is 9.11. The topological polar surface area (TPSA) is 57.6 Å². The van der Waals surface area contributed by atoms with Gasteiger partial charge >= 0.3 is 0 Å². The Morgan fingerprint density at radius 1 is 1.20 bits per heavy atom. The minimum absolute atomic E-state index is 0.0524. The molecule has 6 heteroatoms. The van der Waals surface area contributed by atoms with E-state index in [1.54, 1.807) is 0 Å². The van der Waals surface area contributed by atoms with Gasteiger partial charge < -0.3 is 5.11 Å². The molecule has 0 unspecified atom stereocenters. The number of halogens is 1.